The van der Waals surface area contributed by atoms with Crippen LogP contribution in [0.15, 0.2) is 56.5 Å². The van der Waals surface area contributed by atoms with Crippen LogP contribution in [-0.2, 0) is 0 Å². The zero-order chi connectivity index (χ0) is 18.2. The molecular formula is C17H12N6O4. The van der Waals surface area contributed by atoms with Crippen LogP contribution in [-0.4, -0.2) is 49.2 Å². The summed E-state index contributed by atoms with van der Waals surface area (Å²) in [6.07, 6.45) is 6.22. The minimum Gasteiger partial charge on any atom is -0.461 e. The first-order valence-electron chi connectivity index (χ1n) is 8.18. The number of nitrogens with zero attached hydrogens (tertiary/aromatic N) is 6. The molecule has 1 fully saturated rings. The van der Waals surface area contributed by atoms with E-state index < -0.39 is 0 Å². The van der Waals surface area contributed by atoms with Crippen LogP contribution in [0.2, 0.25) is 0 Å². The van der Waals surface area contributed by atoms with Crippen LogP contribution in [0.5, 0.6) is 0 Å². The molecule has 4 aromatic rings. The monoisotopic (exact) mass is 364 g/mol. The van der Waals surface area contributed by atoms with Gasteiger partial charge >= 0.3 is 0 Å². The van der Waals surface area contributed by atoms with E-state index in [1.54, 1.807) is 41.7 Å². The van der Waals surface area contributed by atoms with Gasteiger partial charge in [-0.2, -0.15) is 4.98 Å². The number of likely N-dealkylation sites (tertiary alicyclic amines) is 1. The average Bonchev–Trinajstić information content (AvgIpc) is 3.41. The lowest BCUT2D eigenvalue weighted by Gasteiger charge is -2.36. The van der Waals surface area contributed by atoms with E-state index in [1.165, 1.54) is 6.26 Å². The minimum atomic E-state index is -0.221. The van der Waals surface area contributed by atoms with E-state index >= 15 is 0 Å². The Bertz CT molecular complexity index is 1070. The molecule has 27 heavy (non-hydrogen) atoms. The number of hydrogen-bond donors (Lipinski definition) is 0. The first-order valence-corrected chi connectivity index (χ1v) is 8.18. The first-order chi connectivity index (χ1) is 13.3. The molecule has 1 amide bonds. The van der Waals surface area contributed by atoms with E-state index in [1.807, 2.05) is 0 Å². The summed E-state index contributed by atoms with van der Waals surface area (Å²) in [6, 6.07) is 5.03. The van der Waals surface area contributed by atoms with Gasteiger partial charge in [-0.1, -0.05) is 10.3 Å². The van der Waals surface area contributed by atoms with Crippen LogP contribution in [0, 0.1) is 0 Å². The van der Waals surface area contributed by atoms with Crippen molar-refractivity contribution in [2.45, 2.75) is 5.92 Å². The highest BCUT2D eigenvalue weighted by Gasteiger charge is 2.37. The largest absolute Gasteiger partial charge is 0.461 e. The van der Waals surface area contributed by atoms with Crippen LogP contribution in [0.4, 0.5) is 0 Å². The lowest BCUT2D eigenvalue weighted by atomic mass is 9.99. The Balaban J connectivity index is 1.24. The average molecular weight is 364 g/mol. The SMILES string of the molecule is O=C(c1cc(-c2ccco2)on1)N1CC(c2nc(-c3cnccn3)no2)C1. The molecule has 4 aromatic heterocycles. The van der Waals surface area contributed by atoms with E-state index in [0.717, 1.165) is 0 Å². The topological polar surface area (TPSA) is 124 Å². The molecule has 0 spiro atoms. The van der Waals surface area contributed by atoms with Gasteiger partial charge in [-0.05, 0) is 12.1 Å². The molecule has 5 rings (SSSR count). The Morgan fingerprint density at radius 3 is 2.85 bits per heavy atom. The quantitative estimate of drug-likeness (QED) is 0.534. The number of furan rings is 1. The Morgan fingerprint density at radius 1 is 1.15 bits per heavy atom. The van der Waals surface area contributed by atoms with Gasteiger partial charge in [-0.3, -0.25) is 9.78 Å². The fraction of sp³-hybridized carbons (Fsp3) is 0.176. The second kappa shape index (κ2) is 6.16. The number of carbonyl (C=O) groups excluding carboxylic acids is 1. The first kappa shape index (κ1) is 15.4. The Hall–Kier alpha value is -3.82. The van der Waals surface area contributed by atoms with Gasteiger partial charge in [0.1, 0.15) is 5.69 Å². The normalized spacial score (nSPS) is 14.3. The molecule has 1 saturated heterocycles. The molecular weight excluding hydrogens is 352 g/mol. The standard InChI is InChI=1S/C17H12N6O4/c24-17(11-6-14(26-21-11)13-2-1-5-25-13)23-8-10(9-23)16-20-15(22-27-16)12-7-18-3-4-19-12/h1-7,10H,8-9H2. The maximum Gasteiger partial charge on any atom is 0.276 e. The van der Waals surface area contributed by atoms with Crippen molar-refractivity contribution in [1.82, 2.24) is 30.2 Å². The van der Waals surface area contributed by atoms with Crippen LogP contribution in [0.3, 0.4) is 0 Å². The summed E-state index contributed by atoms with van der Waals surface area (Å²) in [5.74, 6) is 1.53. The number of amides is 1. The van der Waals surface area contributed by atoms with Crippen molar-refractivity contribution in [3.05, 3.63) is 54.6 Å². The van der Waals surface area contributed by atoms with Gasteiger partial charge in [0, 0.05) is 31.5 Å². The highest BCUT2D eigenvalue weighted by atomic mass is 16.5. The molecule has 1 aliphatic heterocycles. The highest BCUT2D eigenvalue weighted by molar-refractivity contribution is 5.93. The number of hydrogen-bond acceptors (Lipinski definition) is 9. The van der Waals surface area contributed by atoms with Crippen molar-refractivity contribution in [3.63, 3.8) is 0 Å². The number of aromatic nitrogens is 5. The molecule has 0 aromatic carbocycles. The van der Waals surface area contributed by atoms with Crippen molar-refractivity contribution in [1.29, 1.82) is 0 Å². The molecule has 0 unspecified atom stereocenters. The third kappa shape index (κ3) is 2.76. The summed E-state index contributed by atoms with van der Waals surface area (Å²) in [7, 11) is 0. The van der Waals surface area contributed by atoms with E-state index in [2.05, 4.69) is 25.3 Å². The lowest BCUT2D eigenvalue weighted by Crippen LogP contribution is -2.48. The molecule has 5 heterocycles. The second-order valence-electron chi connectivity index (χ2n) is 6.01. The Kier molecular flexibility index (Phi) is 3.52. The number of carbonyl (C=O) groups is 1. The molecule has 134 valence electrons. The molecule has 0 atom stereocenters. The lowest BCUT2D eigenvalue weighted by molar-refractivity contribution is 0.0558. The third-order valence-corrected chi connectivity index (χ3v) is 4.25. The molecule has 0 aliphatic carbocycles. The van der Waals surface area contributed by atoms with Gasteiger partial charge in [0.2, 0.25) is 17.5 Å². The van der Waals surface area contributed by atoms with E-state index in [9.17, 15) is 4.79 Å². The van der Waals surface area contributed by atoms with Crippen molar-refractivity contribution < 1.29 is 18.3 Å². The highest BCUT2D eigenvalue weighted by Crippen LogP contribution is 2.29. The maximum absolute atomic E-state index is 12.5. The Labute approximate surface area is 151 Å². The van der Waals surface area contributed by atoms with Crippen molar-refractivity contribution in [3.8, 4) is 23.0 Å². The fourth-order valence-electron chi connectivity index (χ4n) is 2.79. The van der Waals surface area contributed by atoms with Gasteiger partial charge in [0.15, 0.2) is 11.5 Å². The summed E-state index contributed by atoms with van der Waals surface area (Å²) in [5.41, 5.74) is 0.762. The smallest absolute Gasteiger partial charge is 0.276 e. The molecule has 10 heteroatoms. The maximum atomic E-state index is 12.5. The predicted octanol–water partition coefficient (Wildman–Crippen LogP) is 2.01. The van der Waals surface area contributed by atoms with Crippen LogP contribution < -0.4 is 0 Å². The minimum absolute atomic E-state index is 0.0247. The van der Waals surface area contributed by atoms with Gasteiger partial charge in [-0.15, -0.1) is 0 Å². The van der Waals surface area contributed by atoms with Gasteiger partial charge < -0.3 is 18.4 Å². The summed E-state index contributed by atoms with van der Waals surface area (Å²) in [4.78, 5) is 26.6. The van der Waals surface area contributed by atoms with E-state index in [4.69, 9.17) is 13.5 Å². The summed E-state index contributed by atoms with van der Waals surface area (Å²) < 4.78 is 15.7. The van der Waals surface area contributed by atoms with E-state index in [-0.39, 0.29) is 17.5 Å². The summed E-state index contributed by atoms with van der Waals surface area (Å²) in [6.45, 7) is 0.924. The third-order valence-electron chi connectivity index (χ3n) is 4.25. The van der Waals surface area contributed by atoms with Crippen LogP contribution >= 0.6 is 0 Å². The Morgan fingerprint density at radius 2 is 2.07 bits per heavy atom. The fourth-order valence-corrected chi connectivity index (χ4v) is 2.79. The van der Waals surface area contributed by atoms with E-state index in [0.29, 0.717) is 42.0 Å². The summed E-state index contributed by atoms with van der Waals surface area (Å²) >= 11 is 0. The van der Waals surface area contributed by atoms with Crippen LogP contribution in [0.25, 0.3) is 23.0 Å². The van der Waals surface area contributed by atoms with Crippen molar-refractivity contribution in [2.24, 2.45) is 0 Å². The second-order valence-corrected chi connectivity index (χ2v) is 6.01. The summed E-state index contributed by atoms with van der Waals surface area (Å²) in [5, 5.41) is 7.74. The molecule has 0 radical (unpaired) electrons. The molecule has 0 N–H and O–H groups in total. The van der Waals surface area contributed by atoms with Gasteiger partial charge in [-0.25, -0.2) is 4.98 Å². The number of rotatable bonds is 4. The van der Waals surface area contributed by atoms with Gasteiger partial charge in [0.25, 0.3) is 5.91 Å². The molecule has 0 saturated carbocycles. The molecule has 10 nitrogen and oxygen atoms in total. The zero-order valence-electron chi connectivity index (χ0n) is 13.8. The molecule has 1 aliphatic rings. The zero-order valence-corrected chi connectivity index (χ0v) is 13.8. The predicted molar refractivity (Wildman–Crippen MR) is 88.2 cm³/mol. The van der Waals surface area contributed by atoms with Gasteiger partial charge in [0.05, 0.1) is 18.4 Å². The van der Waals surface area contributed by atoms with Crippen molar-refractivity contribution in [2.75, 3.05) is 13.1 Å². The molecule has 0 bridgehead atoms. The van der Waals surface area contributed by atoms with Crippen molar-refractivity contribution >= 4 is 5.91 Å². The van der Waals surface area contributed by atoms with Crippen LogP contribution in [0.1, 0.15) is 22.3 Å².